The van der Waals surface area contributed by atoms with E-state index in [0.29, 0.717) is 16.9 Å². The molecule has 4 aromatic rings. The van der Waals surface area contributed by atoms with Crippen LogP contribution in [0.1, 0.15) is 151 Å². The second-order valence-electron chi connectivity index (χ2n) is 19.8. The van der Waals surface area contributed by atoms with Gasteiger partial charge in [-0.05, 0) is 170 Å². The van der Waals surface area contributed by atoms with Crippen LogP contribution in [0.4, 0.5) is 0 Å². The van der Waals surface area contributed by atoms with Crippen LogP contribution in [0, 0.1) is 46.3 Å². The molecular formula is C53H68O3. The second kappa shape index (κ2) is 16.7. The number of fused-ring (bicyclic) bond motifs is 6. The van der Waals surface area contributed by atoms with E-state index in [1.165, 1.54) is 73.4 Å². The van der Waals surface area contributed by atoms with E-state index in [9.17, 15) is 4.79 Å². The molecule has 0 N–H and O–H groups in total. The Bertz CT molecular complexity index is 1950. The molecule has 0 spiro atoms. The van der Waals surface area contributed by atoms with Crippen LogP contribution in [0.25, 0.3) is 11.0 Å². The zero-order valence-corrected chi connectivity index (χ0v) is 35.1. The van der Waals surface area contributed by atoms with Crippen molar-refractivity contribution in [2.24, 2.45) is 46.3 Å². The number of furan rings is 1. The molecule has 3 heteroatoms. The fourth-order valence-electron chi connectivity index (χ4n) is 12.9. The third-order valence-corrected chi connectivity index (χ3v) is 16.0. The molecule has 56 heavy (non-hydrogen) atoms. The van der Waals surface area contributed by atoms with Gasteiger partial charge in [0, 0.05) is 11.8 Å². The van der Waals surface area contributed by atoms with E-state index in [0.717, 1.165) is 86.0 Å². The van der Waals surface area contributed by atoms with Crippen LogP contribution in [0.3, 0.4) is 0 Å². The van der Waals surface area contributed by atoms with Crippen LogP contribution in [-0.2, 0) is 17.6 Å². The summed E-state index contributed by atoms with van der Waals surface area (Å²) in [5.41, 5.74) is 8.00. The van der Waals surface area contributed by atoms with Gasteiger partial charge in [-0.25, -0.2) is 4.79 Å². The van der Waals surface area contributed by atoms with Crippen molar-refractivity contribution in [3.8, 4) is 0 Å². The van der Waals surface area contributed by atoms with E-state index >= 15 is 0 Å². The molecule has 2 unspecified atom stereocenters. The van der Waals surface area contributed by atoms with Crippen LogP contribution in [0.2, 0.25) is 0 Å². The minimum Gasteiger partial charge on any atom is -0.464 e. The van der Waals surface area contributed by atoms with Crippen molar-refractivity contribution in [3.05, 3.63) is 119 Å². The lowest BCUT2D eigenvalue weighted by molar-refractivity contribution is -0.0594. The van der Waals surface area contributed by atoms with Crippen molar-refractivity contribution in [1.29, 1.82) is 0 Å². The average Bonchev–Trinajstić information content (AvgIpc) is 3.82. The SMILES string of the molecule is CC(C)CCCC(C)[C@H]1CC[C@H]2[C@@H]3CC=C4C[C@@H](OC(=O)c5ccc(CC(CCCc6ccc7occc7c6)c6ccccc6)cc5)CC[C@]4(C)[C@H]3CC[C@]12C. The lowest BCUT2D eigenvalue weighted by Gasteiger charge is -2.58. The fraction of sp³-hybridized carbons (Fsp3) is 0.566. The third kappa shape index (κ3) is 8.08. The number of allylic oxidation sites excluding steroid dienone is 1. The average molecular weight is 753 g/mol. The summed E-state index contributed by atoms with van der Waals surface area (Å²) in [6, 6.07) is 27.8. The van der Waals surface area contributed by atoms with Crippen LogP contribution in [0.15, 0.2) is 101 Å². The summed E-state index contributed by atoms with van der Waals surface area (Å²) < 4.78 is 11.8. The Kier molecular flexibility index (Phi) is 11.7. The monoisotopic (exact) mass is 753 g/mol. The van der Waals surface area contributed by atoms with Gasteiger partial charge in [0.2, 0.25) is 0 Å². The lowest BCUT2D eigenvalue weighted by Crippen LogP contribution is -2.51. The molecule has 0 amide bonds. The predicted octanol–water partition coefficient (Wildman–Crippen LogP) is 14.3. The highest BCUT2D eigenvalue weighted by molar-refractivity contribution is 5.89. The van der Waals surface area contributed by atoms with Gasteiger partial charge in [0.05, 0.1) is 11.8 Å². The Morgan fingerprint density at radius 1 is 0.821 bits per heavy atom. The van der Waals surface area contributed by atoms with Crippen molar-refractivity contribution < 1.29 is 13.9 Å². The molecule has 3 saturated carbocycles. The number of hydrogen-bond acceptors (Lipinski definition) is 3. The molecule has 9 atom stereocenters. The molecule has 298 valence electrons. The molecule has 0 bridgehead atoms. The summed E-state index contributed by atoms with van der Waals surface area (Å²) in [5.74, 6) is 5.30. The first kappa shape index (κ1) is 39.2. The third-order valence-electron chi connectivity index (χ3n) is 16.0. The maximum absolute atomic E-state index is 13.6. The molecular weight excluding hydrogens is 685 g/mol. The molecule has 3 aromatic carbocycles. The molecule has 1 aromatic heterocycles. The van der Waals surface area contributed by atoms with Crippen LogP contribution in [0.5, 0.6) is 0 Å². The van der Waals surface area contributed by atoms with Crippen molar-refractivity contribution in [3.63, 3.8) is 0 Å². The van der Waals surface area contributed by atoms with E-state index < -0.39 is 0 Å². The molecule has 4 aliphatic carbocycles. The zero-order chi connectivity index (χ0) is 38.9. The molecule has 1 heterocycles. The van der Waals surface area contributed by atoms with E-state index in [4.69, 9.17) is 9.15 Å². The number of carbonyl (C=O) groups excluding carboxylic acids is 1. The Morgan fingerprint density at radius 2 is 1.62 bits per heavy atom. The van der Waals surface area contributed by atoms with Crippen LogP contribution in [-0.4, -0.2) is 12.1 Å². The summed E-state index contributed by atoms with van der Waals surface area (Å²) >= 11 is 0. The minimum atomic E-state index is -0.165. The first-order valence-corrected chi connectivity index (χ1v) is 22.6. The fourth-order valence-corrected chi connectivity index (χ4v) is 12.9. The number of aryl methyl sites for hydroxylation is 1. The highest BCUT2D eigenvalue weighted by Crippen LogP contribution is 2.67. The van der Waals surface area contributed by atoms with Gasteiger partial charge in [-0.3, -0.25) is 0 Å². The maximum atomic E-state index is 13.6. The van der Waals surface area contributed by atoms with Gasteiger partial charge in [0.1, 0.15) is 11.7 Å². The van der Waals surface area contributed by atoms with Crippen molar-refractivity contribution in [2.75, 3.05) is 0 Å². The largest absolute Gasteiger partial charge is 0.464 e. The van der Waals surface area contributed by atoms with Gasteiger partial charge in [-0.1, -0.05) is 114 Å². The number of esters is 1. The zero-order valence-electron chi connectivity index (χ0n) is 35.1. The first-order chi connectivity index (χ1) is 27.1. The Balaban J connectivity index is 0.861. The van der Waals surface area contributed by atoms with Gasteiger partial charge in [0.15, 0.2) is 0 Å². The molecule has 0 saturated heterocycles. The predicted molar refractivity (Wildman–Crippen MR) is 231 cm³/mol. The van der Waals surface area contributed by atoms with E-state index in [2.05, 4.69) is 101 Å². The second-order valence-corrected chi connectivity index (χ2v) is 19.8. The Hall–Kier alpha value is -3.59. The molecule has 3 fully saturated rings. The summed E-state index contributed by atoms with van der Waals surface area (Å²) in [7, 11) is 0. The maximum Gasteiger partial charge on any atom is 0.338 e. The summed E-state index contributed by atoms with van der Waals surface area (Å²) in [4.78, 5) is 13.6. The number of benzene rings is 3. The number of hydrogen-bond donors (Lipinski definition) is 0. The molecule has 8 rings (SSSR count). The summed E-state index contributed by atoms with van der Waals surface area (Å²) in [5, 5.41) is 1.17. The number of carbonyl (C=O) groups is 1. The molecule has 3 nitrogen and oxygen atoms in total. The van der Waals surface area contributed by atoms with E-state index in [1.54, 1.807) is 11.8 Å². The van der Waals surface area contributed by atoms with Crippen LogP contribution < -0.4 is 0 Å². The van der Waals surface area contributed by atoms with Gasteiger partial charge < -0.3 is 9.15 Å². The standard InChI is InChI=1S/C53H68O3/c1-36(2)11-9-12-37(3)47-24-25-48-46-23-22-44-35-45(27-30-52(44,4)49(46)28-31-53(47,48)5)56-51(54)41-20-17-39(18-21-41)33-42(40-14-7-6-8-15-40)16-10-13-38-19-26-50-43(34-38)29-32-55-50/h6-8,14-15,17-22,26,29,32,34,36-37,42,45-49H,9-13,16,23-25,27-28,30-31,33,35H2,1-5H3/t37?,42?,45-,46-,47+,48-,49-,52-,53+/m0/s1. The molecule has 4 aliphatic rings. The van der Waals surface area contributed by atoms with E-state index in [-0.39, 0.29) is 17.5 Å². The van der Waals surface area contributed by atoms with Gasteiger partial charge in [-0.2, -0.15) is 0 Å². The van der Waals surface area contributed by atoms with Gasteiger partial charge in [0.25, 0.3) is 0 Å². The molecule has 0 radical (unpaired) electrons. The molecule has 0 aliphatic heterocycles. The van der Waals surface area contributed by atoms with Crippen molar-refractivity contribution in [1.82, 2.24) is 0 Å². The first-order valence-electron chi connectivity index (χ1n) is 22.6. The van der Waals surface area contributed by atoms with Crippen molar-refractivity contribution >= 4 is 16.9 Å². The van der Waals surface area contributed by atoms with Gasteiger partial charge >= 0.3 is 5.97 Å². The summed E-state index contributed by atoms with van der Waals surface area (Å²) in [6.07, 6.45) is 22.7. The quantitative estimate of drug-likeness (QED) is 0.0951. The van der Waals surface area contributed by atoms with E-state index in [1.807, 2.05) is 18.2 Å². The number of rotatable bonds is 14. The van der Waals surface area contributed by atoms with Gasteiger partial charge in [-0.15, -0.1) is 0 Å². The highest BCUT2D eigenvalue weighted by Gasteiger charge is 2.59. The lowest BCUT2D eigenvalue weighted by atomic mass is 9.47. The highest BCUT2D eigenvalue weighted by atomic mass is 16.5. The normalized spacial score (nSPS) is 29.6. The smallest absolute Gasteiger partial charge is 0.338 e. The Labute approximate surface area is 338 Å². The number of ether oxygens (including phenoxy) is 1. The topological polar surface area (TPSA) is 39.4 Å². The summed E-state index contributed by atoms with van der Waals surface area (Å²) in [6.45, 7) is 12.6. The van der Waals surface area contributed by atoms with Crippen LogP contribution >= 0.6 is 0 Å². The minimum absolute atomic E-state index is 0.0221. The Morgan fingerprint density at radius 3 is 2.43 bits per heavy atom. The van der Waals surface area contributed by atoms with Crippen molar-refractivity contribution in [2.45, 2.75) is 143 Å².